The van der Waals surface area contributed by atoms with E-state index in [1.54, 1.807) is 7.11 Å². The number of hydrogen-bond donors (Lipinski definition) is 2. The predicted molar refractivity (Wildman–Crippen MR) is 132 cm³/mol. The lowest BCUT2D eigenvalue weighted by atomic mass is 10.0. The summed E-state index contributed by atoms with van der Waals surface area (Å²) >= 11 is 1.49. The summed E-state index contributed by atoms with van der Waals surface area (Å²) in [5.41, 5.74) is 2.94. The monoisotopic (exact) mass is 481 g/mol. The van der Waals surface area contributed by atoms with Gasteiger partial charge in [-0.2, -0.15) is 0 Å². The van der Waals surface area contributed by atoms with Gasteiger partial charge in [0.25, 0.3) is 0 Å². The maximum absolute atomic E-state index is 15.0. The van der Waals surface area contributed by atoms with Gasteiger partial charge in [0.15, 0.2) is 0 Å². The molecule has 9 heteroatoms. The Morgan fingerprint density at radius 1 is 1.29 bits per heavy atom. The van der Waals surface area contributed by atoms with E-state index in [0.29, 0.717) is 24.7 Å². The molecule has 0 bridgehead atoms. The number of halogens is 1. The Morgan fingerprint density at radius 2 is 2.21 bits per heavy atom. The van der Waals surface area contributed by atoms with Crippen LogP contribution in [0.5, 0.6) is 5.75 Å². The molecule has 178 valence electrons. The second-order valence-corrected chi connectivity index (χ2v) is 9.70. The molecular formula is C25H28FN5O2S. The van der Waals surface area contributed by atoms with Crippen LogP contribution in [0.15, 0.2) is 47.5 Å². The van der Waals surface area contributed by atoms with Crippen molar-refractivity contribution >= 4 is 34.4 Å². The summed E-state index contributed by atoms with van der Waals surface area (Å²) in [6, 6.07) is 11.6. The first-order valence-corrected chi connectivity index (χ1v) is 12.5. The number of rotatable bonds is 7. The summed E-state index contributed by atoms with van der Waals surface area (Å²) < 4.78 is 20.4. The van der Waals surface area contributed by atoms with Crippen LogP contribution in [0.4, 0.5) is 10.2 Å². The van der Waals surface area contributed by atoms with Crippen molar-refractivity contribution in [2.24, 2.45) is 0 Å². The van der Waals surface area contributed by atoms with Crippen molar-refractivity contribution in [1.82, 2.24) is 20.2 Å². The van der Waals surface area contributed by atoms with Gasteiger partial charge in [0.05, 0.1) is 29.0 Å². The highest BCUT2D eigenvalue weighted by Crippen LogP contribution is 2.30. The van der Waals surface area contributed by atoms with Crippen LogP contribution < -0.4 is 15.4 Å². The summed E-state index contributed by atoms with van der Waals surface area (Å²) in [6.45, 7) is 2.53. The fourth-order valence-electron chi connectivity index (χ4n) is 4.54. The zero-order chi connectivity index (χ0) is 23.5. The lowest BCUT2D eigenvalue weighted by Crippen LogP contribution is -2.51. The van der Waals surface area contributed by atoms with Crippen LogP contribution in [-0.2, 0) is 17.8 Å². The Morgan fingerprint density at radius 3 is 3.06 bits per heavy atom. The van der Waals surface area contributed by atoms with Crippen molar-refractivity contribution < 1.29 is 13.9 Å². The minimum Gasteiger partial charge on any atom is -0.497 e. The third kappa shape index (κ3) is 5.16. The predicted octanol–water partition coefficient (Wildman–Crippen LogP) is 3.43. The van der Waals surface area contributed by atoms with E-state index in [2.05, 4.69) is 25.5 Å². The van der Waals surface area contributed by atoms with Crippen molar-refractivity contribution in [3.05, 3.63) is 53.9 Å². The lowest BCUT2D eigenvalue weighted by molar-refractivity contribution is -0.113. The molecule has 2 aliphatic heterocycles. The summed E-state index contributed by atoms with van der Waals surface area (Å²) in [5.74, 6) is 1.80. The van der Waals surface area contributed by atoms with E-state index in [1.165, 1.54) is 17.3 Å². The van der Waals surface area contributed by atoms with Crippen LogP contribution in [0, 0.1) is 0 Å². The molecule has 1 fully saturated rings. The number of alkyl halides is 1. The number of benzene rings is 1. The minimum absolute atomic E-state index is 0.0368. The Labute approximate surface area is 202 Å². The van der Waals surface area contributed by atoms with Gasteiger partial charge in [0.1, 0.15) is 17.7 Å². The zero-order valence-electron chi connectivity index (χ0n) is 19.1. The summed E-state index contributed by atoms with van der Waals surface area (Å²) in [6.07, 6.45) is 2.46. The number of nitrogens with one attached hydrogen (secondary N) is 2. The van der Waals surface area contributed by atoms with E-state index >= 15 is 0 Å². The quantitative estimate of drug-likeness (QED) is 0.535. The van der Waals surface area contributed by atoms with E-state index in [-0.39, 0.29) is 11.9 Å². The minimum atomic E-state index is -0.948. The van der Waals surface area contributed by atoms with Crippen molar-refractivity contribution in [3.63, 3.8) is 0 Å². The molecule has 0 unspecified atom stereocenters. The molecule has 3 aromatic rings. The SMILES string of the molecule is COc1ccc2nccc(CCN3CC[C@H](NCc4ccc5c(n4)NC(=O)CS5)[C@H](F)C3)c2c1. The van der Waals surface area contributed by atoms with Gasteiger partial charge in [-0.25, -0.2) is 9.37 Å². The van der Waals surface area contributed by atoms with Crippen molar-refractivity contribution in [2.45, 2.75) is 36.5 Å². The number of ether oxygens (including phenoxy) is 1. The molecule has 0 saturated carbocycles. The second kappa shape index (κ2) is 10.2. The largest absolute Gasteiger partial charge is 0.497 e. The van der Waals surface area contributed by atoms with Crippen LogP contribution in [0.25, 0.3) is 10.9 Å². The molecule has 1 saturated heterocycles. The van der Waals surface area contributed by atoms with Gasteiger partial charge in [-0.15, -0.1) is 11.8 Å². The average Bonchev–Trinajstić information content (AvgIpc) is 2.86. The fourth-order valence-corrected chi connectivity index (χ4v) is 5.30. The van der Waals surface area contributed by atoms with Crippen LogP contribution in [-0.4, -0.2) is 65.5 Å². The molecule has 0 radical (unpaired) electrons. The van der Waals surface area contributed by atoms with Crippen LogP contribution >= 0.6 is 11.8 Å². The van der Waals surface area contributed by atoms with Gasteiger partial charge in [-0.1, -0.05) is 0 Å². The zero-order valence-corrected chi connectivity index (χ0v) is 19.9. The number of aromatic nitrogens is 2. The van der Waals surface area contributed by atoms with E-state index < -0.39 is 6.17 Å². The number of thioether (sulfide) groups is 1. The summed E-state index contributed by atoms with van der Waals surface area (Å²) in [5, 5.41) is 7.22. The van der Waals surface area contributed by atoms with Crippen molar-refractivity contribution in [3.8, 4) is 5.75 Å². The molecule has 7 nitrogen and oxygen atoms in total. The van der Waals surface area contributed by atoms with Gasteiger partial charge >= 0.3 is 0 Å². The van der Waals surface area contributed by atoms with Crippen molar-refractivity contribution in [2.75, 3.05) is 37.8 Å². The van der Waals surface area contributed by atoms with E-state index in [1.807, 2.05) is 42.6 Å². The normalized spacial score (nSPS) is 20.7. The topological polar surface area (TPSA) is 79.4 Å². The Kier molecular flexibility index (Phi) is 6.94. The first-order valence-electron chi connectivity index (χ1n) is 11.5. The number of carbonyl (C=O) groups is 1. The maximum atomic E-state index is 15.0. The first-order chi connectivity index (χ1) is 16.6. The molecule has 0 spiro atoms. The van der Waals surface area contributed by atoms with E-state index in [4.69, 9.17) is 4.74 Å². The van der Waals surface area contributed by atoms with Gasteiger partial charge in [0.2, 0.25) is 5.91 Å². The smallest absolute Gasteiger partial charge is 0.235 e. The first kappa shape index (κ1) is 23.0. The van der Waals surface area contributed by atoms with Gasteiger partial charge in [0, 0.05) is 37.3 Å². The number of piperidine rings is 1. The van der Waals surface area contributed by atoms with Gasteiger partial charge < -0.3 is 15.4 Å². The van der Waals surface area contributed by atoms with Crippen LogP contribution in [0.1, 0.15) is 17.7 Å². The highest BCUT2D eigenvalue weighted by molar-refractivity contribution is 8.00. The molecule has 4 heterocycles. The van der Waals surface area contributed by atoms with E-state index in [9.17, 15) is 9.18 Å². The highest BCUT2D eigenvalue weighted by atomic mass is 32.2. The standard InChI is InChI=1S/C25H28FN5O2S/c1-33-18-3-4-21-19(12-18)16(6-9-27-21)7-10-31-11-8-22(20(26)14-31)28-13-17-2-5-23-25(29-17)30-24(32)15-34-23/h2-6,9,12,20,22,28H,7-8,10-11,13-15H2,1H3,(H,29,30,32)/t20-,22+/m1/s1. The van der Waals surface area contributed by atoms with Gasteiger partial charge in [-0.3, -0.25) is 14.7 Å². The van der Waals surface area contributed by atoms with Crippen LogP contribution in [0.2, 0.25) is 0 Å². The number of pyridine rings is 2. The van der Waals surface area contributed by atoms with Crippen LogP contribution in [0.3, 0.4) is 0 Å². The third-order valence-corrected chi connectivity index (χ3v) is 7.49. The van der Waals surface area contributed by atoms with Crippen molar-refractivity contribution in [1.29, 1.82) is 0 Å². The second-order valence-electron chi connectivity index (χ2n) is 8.68. The molecule has 2 N–H and O–H groups in total. The summed E-state index contributed by atoms with van der Waals surface area (Å²) in [4.78, 5) is 23.7. The number of nitrogens with zero attached hydrogens (tertiary/aromatic N) is 3. The maximum Gasteiger partial charge on any atom is 0.235 e. The average molecular weight is 482 g/mol. The number of fused-ring (bicyclic) bond motifs is 2. The molecule has 1 aromatic carbocycles. The fraction of sp³-hybridized carbons (Fsp3) is 0.400. The molecule has 1 amide bonds. The number of carbonyl (C=O) groups excluding carboxylic acids is 1. The number of hydrogen-bond acceptors (Lipinski definition) is 7. The number of methoxy groups -OCH3 is 1. The summed E-state index contributed by atoms with van der Waals surface area (Å²) in [7, 11) is 1.66. The number of anilines is 1. The Balaban J connectivity index is 1.14. The number of amides is 1. The van der Waals surface area contributed by atoms with Gasteiger partial charge in [-0.05, 0) is 61.3 Å². The highest BCUT2D eigenvalue weighted by Gasteiger charge is 2.29. The molecular weight excluding hydrogens is 453 g/mol. The molecule has 2 aromatic heterocycles. The molecule has 2 aliphatic rings. The van der Waals surface area contributed by atoms with E-state index in [0.717, 1.165) is 53.2 Å². The molecule has 5 rings (SSSR count). The lowest BCUT2D eigenvalue weighted by Gasteiger charge is -2.35. The molecule has 34 heavy (non-hydrogen) atoms. The Hall–Kier alpha value is -2.75. The molecule has 2 atom stereocenters. The Bertz CT molecular complexity index is 1190. The third-order valence-electron chi connectivity index (χ3n) is 6.44. The number of likely N-dealkylation sites (tertiary alicyclic amines) is 1. The molecule has 0 aliphatic carbocycles.